The topological polar surface area (TPSA) is 83.4 Å². The van der Waals surface area contributed by atoms with Crippen molar-refractivity contribution in [2.75, 3.05) is 13.1 Å². The molecule has 0 aliphatic carbocycles. The third-order valence-electron chi connectivity index (χ3n) is 3.93. The molecular weight excluding hydrogens is 353 g/mol. The summed E-state index contributed by atoms with van der Waals surface area (Å²) >= 11 is 11.9. The van der Waals surface area contributed by atoms with Crippen molar-refractivity contribution in [1.82, 2.24) is 14.9 Å². The summed E-state index contributed by atoms with van der Waals surface area (Å²) in [5, 5.41) is 9.86. The van der Waals surface area contributed by atoms with Gasteiger partial charge in [-0.1, -0.05) is 29.3 Å². The number of likely N-dealkylation sites (tertiary alicyclic amines) is 1. The van der Waals surface area contributed by atoms with Crippen LogP contribution in [0.3, 0.4) is 0 Å². The van der Waals surface area contributed by atoms with Crippen LogP contribution in [0.25, 0.3) is 11.3 Å². The highest BCUT2D eigenvalue weighted by molar-refractivity contribution is 6.42. The van der Waals surface area contributed by atoms with Gasteiger partial charge >= 0.3 is 5.97 Å². The Morgan fingerprint density at radius 2 is 1.96 bits per heavy atom. The predicted molar refractivity (Wildman–Crippen MR) is 89.1 cm³/mol. The van der Waals surface area contributed by atoms with Gasteiger partial charge in [-0.05, 0) is 24.6 Å². The standard InChI is InChI=1S/C16H13Cl2N3O3/c17-11-2-1-9(5-12(11)18)13-6-14(20-8-19-13)15(22)21-4-3-10(7-21)16(23)24/h1-2,5-6,8,10H,3-4,7H2,(H,23,24). The number of benzene rings is 1. The second-order valence-corrected chi connectivity index (χ2v) is 6.31. The molecule has 8 heteroatoms. The summed E-state index contributed by atoms with van der Waals surface area (Å²) in [4.78, 5) is 33.2. The van der Waals surface area contributed by atoms with Crippen LogP contribution in [-0.2, 0) is 4.79 Å². The lowest BCUT2D eigenvalue weighted by molar-refractivity contribution is -0.141. The molecule has 0 saturated carbocycles. The monoisotopic (exact) mass is 365 g/mol. The SMILES string of the molecule is O=C(O)C1CCN(C(=O)c2cc(-c3ccc(Cl)c(Cl)c3)ncn2)C1. The molecule has 1 saturated heterocycles. The summed E-state index contributed by atoms with van der Waals surface area (Å²) in [5.74, 6) is -1.71. The first kappa shape index (κ1) is 16.7. The molecule has 6 nitrogen and oxygen atoms in total. The summed E-state index contributed by atoms with van der Waals surface area (Å²) in [6.07, 6.45) is 1.75. The fourth-order valence-electron chi connectivity index (χ4n) is 2.60. The minimum atomic E-state index is -0.885. The number of aromatic nitrogens is 2. The Kier molecular flexibility index (Phi) is 4.69. The number of hydrogen-bond acceptors (Lipinski definition) is 4. The second-order valence-electron chi connectivity index (χ2n) is 5.49. The van der Waals surface area contributed by atoms with Crippen LogP contribution in [0.5, 0.6) is 0 Å². The molecule has 1 aromatic heterocycles. The zero-order valence-corrected chi connectivity index (χ0v) is 14.0. The van der Waals surface area contributed by atoms with Crippen LogP contribution in [0.2, 0.25) is 10.0 Å². The number of hydrogen-bond donors (Lipinski definition) is 1. The van der Waals surface area contributed by atoms with Crippen molar-refractivity contribution in [3.05, 3.63) is 46.3 Å². The zero-order valence-electron chi connectivity index (χ0n) is 12.4. The minimum Gasteiger partial charge on any atom is -0.481 e. The number of rotatable bonds is 3. The van der Waals surface area contributed by atoms with Crippen LogP contribution in [0.1, 0.15) is 16.9 Å². The number of carboxylic acids is 1. The molecule has 1 atom stereocenters. The van der Waals surface area contributed by atoms with Crippen LogP contribution in [-0.4, -0.2) is 44.9 Å². The molecule has 1 N–H and O–H groups in total. The number of amides is 1. The third-order valence-corrected chi connectivity index (χ3v) is 4.67. The highest BCUT2D eigenvalue weighted by Crippen LogP contribution is 2.28. The average Bonchev–Trinajstić information content (AvgIpc) is 3.07. The summed E-state index contributed by atoms with van der Waals surface area (Å²) in [5.41, 5.74) is 1.48. The smallest absolute Gasteiger partial charge is 0.308 e. The molecule has 0 bridgehead atoms. The maximum atomic E-state index is 12.5. The van der Waals surface area contributed by atoms with Crippen molar-refractivity contribution in [1.29, 1.82) is 0 Å². The van der Waals surface area contributed by atoms with E-state index in [1.54, 1.807) is 24.3 Å². The predicted octanol–water partition coefficient (Wildman–Crippen LogP) is 3.00. The van der Waals surface area contributed by atoms with Gasteiger partial charge in [0.2, 0.25) is 0 Å². The van der Waals surface area contributed by atoms with Gasteiger partial charge in [-0.15, -0.1) is 0 Å². The molecule has 0 spiro atoms. The lowest BCUT2D eigenvalue weighted by Gasteiger charge is -2.15. The average molecular weight is 366 g/mol. The fraction of sp³-hybridized carbons (Fsp3) is 0.250. The third kappa shape index (κ3) is 3.34. The molecule has 2 aromatic rings. The second kappa shape index (κ2) is 6.75. The molecule has 1 aliphatic heterocycles. The number of nitrogens with zero attached hydrogens (tertiary/aromatic N) is 3. The molecule has 1 unspecified atom stereocenters. The molecule has 3 rings (SSSR count). The summed E-state index contributed by atoms with van der Waals surface area (Å²) in [7, 11) is 0. The molecule has 1 aliphatic rings. The van der Waals surface area contributed by atoms with Crippen LogP contribution in [0.4, 0.5) is 0 Å². The Hall–Kier alpha value is -2.18. The Morgan fingerprint density at radius 3 is 2.62 bits per heavy atom. The van der Waals surface area contributed by atoms with Gasteiger partial charge in [0, 0.05) is 18.7 Å². The van der Waals surface area contributed by atoms with Gasteiger partial charge in [0.05, 0.1) is 21.7 Å². The van der Waals surface area contributed by atoms with Gasteiger partial charge in [0.1, 0.15) is 12.0 Å². The summed E-state index contributed by atoms with van der Waals surface area (Å²) in [6.45, 7) is 0.599. The zero-order chi connectivity index (χ0) is 17.3. The highest BCUT2D eigenvalue weighted by Gasteiger charge is 2.31. The molecule has 1 amide bonds. The molecule has 124 valence electrons. The van der Waals surface area contributed by atoms with E-state index in [2.05, 4.69) is 9.97 Å². The van der Waals surface area contributed by atoms with E-state index in [4.69, 9.17) is 28.3 Å². The first-order chi connectivity index (χ1) is 11.5. The molecule has 0 radical (unpaired) electrons. The lowest BCUT2D eigenvalue weighted by atomic mass is 10.1. The normalized spacial score (nSPS) is 17.1. The number of carbonyl (C=O) groups excluding carboxylic acids is 1. The first-order valence-electron chi connectivity index (χ1n) is 7.25. The van der Waals surface area contributed by atoms with Crippen LogP contribution >= 0.6 is 23.2 Å². The van der Waals surface area contributed by atoms with E-state index in [-0.39, 0.29) is 18.1 Å². The molecule has 1 aromatic carbocycles. The van der Waals surface area contributed by atoms with E-state index in [1.165, 1.54) is 11.2 Å². The Labute approximate surface area is 148 Å². The molecule has 1 fully saturated rings. The Bertz CT molecular complexity index is 813. The maximum Gasteiger partial charge on any atom is 0.308 e. The quantitative estimate of drug-likeness (QED) is 0.903. The van der Waals surface area contributed by atoms with Gasteiger partial charge in [-0.25, -0.2) is 9.97 Å². The van der Waals surface area contributed by atoms with Crippen molar-refractivity contribution in [3.8, 4) is 11.3 Å². The highest BCUT2D eigenvalue weighted by atomic mass is 35.5. The van der Waals surface area contributed by atoms with E-state index >= 15 is 0 Å². The number of halogens is 2. The Morgan fingerprint density at radius 1 is 1.17 bits per heavy atom. The first-order valence-corrected chi connectivity index (χ1v) is 8.01. The van der Waals surface area contributed by atoms with Gasteiger partial charge in [0.15, 0.2) is 0 Å². The summed E-state index contributed by atoms with van der Waals surface area (Å²) in [6, 6.07) is 6.63. The van der Waals surface area contributed by atoms with Crippen LogP contribution < -0.4 is 0 Å². The summed E-state index contributed by atoms with van der Waals surface area (Å²) < 4.78 is 0. The largest absolute Gasteiger partial charge is 0.481 e. The van der Waals surface area contributed by atoms with Crippen molar-refractivity contribution in [2.24, 2.45) is 5.92 Å². The number of carboxylic acid groups (broad SMARTS) is 1. The van der Waals surface area contributed by atoms with E-state index in [1.807, 2.05) is 0 Å². The van der Waals surface area contributed by atoms with Gasteiger partial charge in [0.25, 0.3) is 5.91 Å². The number of aliphatic carboxylic acids is 1. The van der Waals surface area contributed by atoms with E-state index < -0.39 is 11.9 Å². The van der Waals surface area contributed by atoms with Gasteiger partial charge in [-0.3, -0.25) is 9.59 Å². The Balaban J connectivity index is 1.84. The molecule has 2 heterocycles. The minimum absolute atomic E-state index is 0.195. The molecule has 24 heavy (non-hydrogen) atoms. The van der Waals surface area contributed by atoms with Crippen molar-refractivity contribution >= 4 is 35.1 Å². The van der Waals surface area contributed by atoms with Crippen molar-refractivity contribution < 1.29 is 14.7 Å². The maximum absolute atomic E-state index is 12.5. The van der Waals surface area contributed by atoms with Crippen molar-refractivity contribution in [2.45, 2.75) is 6.42 Å². The number of carbonyl (C=O) groups is 2. The van der Waals surface area contributed by atoms with Crippen LogP contribution in [0.15, 0.2) is 30.6 Å². The van der Waals surface area contributed by atoms with E-state index in [9.17, 15) is 9.59 Å². The fourth-order valence-corrected chi connectivity index (χ4v) is 2.89. The van der Waals surface area contributed by atoms with Gasteiger partial charge < -0.3 is 10.0 Å². The molecular formula is C16H13Cl2N3O3. The lowest BCUT2D eigenvalue weighted by Crippen LogP contribution is -2.30. The van der Waals surface area contributed by atoms with E-state index in [0.29, 0.717) is 34.3 Å². The van der Waals surface area contributed by atoms with Crippen LogP contribution in [0, 0.1) is 5.92 Å². The van der Waals surface area contributed by atoms with Gasteiger partial charge in [-0.2, -0.15) is 0 Å². The van der Waals surface area contributed by atoms with Crippen molar-refractivity contribution in [3.63, 3.8) is 0 Å². The van der Waals surface area contributed by atoms with E-state index in [0.717, 1.165) is 0 Å².